The van der Waals surface area contributed by atoms with Gasteiger partial charge in [0.2, 0.25) is 0 Å². The van der Waals surface area contributed by atoms with Crippen LogP contribution in [0.3, 0.4) is 0 Å². The zero-order chi connectivity index (χ0) is 12.1. The number of carbonyl (C=O) groups is 1. The highest BCUT2D eigenvalue weighted by molar-refractivity contribution is 8.00. The van der Waals surface area contributed by atoms with Gasteiger partial charge in [0.1, 0.15) is 5.78 Å². The average Bonchev–Trinajstić information content (AvgIpc) is 2.73. The van der Waals surface area contributed by atoms with Crippen molar-refractivity contribution in [2.75, 3.05) is 5.75 Å². The van der Waals surface area contributed by atoms with Gasteiger partial charge in [0.05, 0.1) is 19.2 Å². The van der Waals surface area contributed by atoms with E-state index in [1.807, 2.05) is 0 Å². The van der Waals surface area contributed by atoms with Crippen molar-refractivity contribution in [2.24, 2.45) is 7.05 Å². The van der Waals surface area contributed by atoms with Gasteiger partial charge in [0.15, 0.2) is 5.82 Å². The number of rotatable bonds is 5. The van der Waals surface area contributed by atoms with Crippen LogP contribution in [0.1, 0.15) is 37.9 Å². The molecule has 6 heteroatoms. The fraction of sp³-hybridized carbons (Fsp3) is 0.818. The van der Waals surface area contributed by atoms with E-state index in [1.54, 1.807) is 18.8 Å². The minimum atomic E-state index is 0.202. The van der Waals surface area contributed by atoms with Crippen LogP contribution in [-0.2, 0) is 18.3 Å². The molecule has 0 spiro atoms. The van der Waals surface area contributed by atoms with E-state index in [0.29, 0.717) is 23.2 Å². The van der Waals surface area contributed by atoms with Gasteiger partial charge in [-0.1, -0.05) is 19.3 Å². The molecule has 1 fully saturated rings. The number of aromatic nitrogens is 4. The average molecular weight is 254 g/mol. The van der Waals surface area contributed by atoms with E-state index in [4.69, 9.17) is 0 Å². The molecule has 17 heavy (non-hydrogen) atoms. The SMILES string of the molecule is Cn1nnc(CC(=O)CSC2CCCCC2)n1. The lowest BCUT2D eigenvalue weighted by Crippen LogP contribution is -2.14. The topological polar surface area (TPSA) is 60.7 Å². The first-order valence-electron chi connectivity index (χ1n) is 6.10. The van der Waals surface area contributed by atoms with Gasteiger partial charge in [-0.2, -0.15) is 16.6 Å². The second-order valence-electron chi connectivity index (χ2n) is 4.48. The molecule has 1 saturated carbocycles. The zero-order valence-electron chi connectivity index (χ0n) is 10.1. The lowest BCUT2D eigenvalue weighted by Gasteiger charge is -2.20. The third-order valence-corrected chi connectivity index (χ3v) is 4.37. The van der Waals surface area contributed by atoms with E-state index in [0.717, 1.165) is 0 Å². The van der Waals surface area contributed by atoms with Gasteiger partial charge in [-0.15, -0.1) is 10.2 Å². The molecule has 0 N–H and O–H groups in total. The van der Waals surface area contributed by atoms with Crippen molar-refractivity contribution < 1.29 is 4.79 Å². The quantitative estimate of drug-likeness (QED) is 0.794. The molecule has 1 aliphatic carbocycles. The van der Waals surface area contributed by atoms with Gasteiger partial charge in [0.25, 0.3) is 0 Å². The summed E-state index contributed by atoms with van der Waals surface area (Å²) in [5.41, 5.74) is 0. The molecule has 94 valence electrons. The Morgan fingerprint density at radius 3 is 2.82 bits per heavy atom. The number of Topliss-reactive ketones (excluding diaryl/α,β-unsaturated/α-hetero) is 1. The summed E-state index contributed by atoms with van der Waals surface area (Å²) in [6.45, 7) is 0. The van der Waals surface area contributed by atoms with Gasteiger partial charge in [-0.3, -0.25) is 4.79 Å². The van der Waals surface area contributed by atoms with Crippen LogP contribution in [0.25, 0.3) is 0 Å². The van der Waals surface area contributed by atoms with Crippen LogP contribution >= 0.6 is 11.8 Å². The first-order chi connectivity index (χ1) is 8.24. The number of nitrogens with zero attached hydrogens (tertiary/aromatic N) is 4. The Balaban J connectivity index is 1.70. The smallest absolute Gasteiger partial charge is 0.182 e. The molecule has 1 aromatic heterocycles. The predicted molar refractivity (Wildman–Crippen MR) is 66.8 cm³/mol. The minimum absolute atomic E-state index is 0.202. The molecule has 0 bridgehead atoms. The first kappa shape index (κ1) is 12.5. The zero-order valence-corrected chi connectivity index (χ0v) is 10.9. The summed E-state index contributed by atoms with van der Waals surface area (Å²) in [7, 11) is 1.71. The van der Waals surface area contributed by atoms with Crippen LogP contribution in [0.15, 0.2) is 0 Å². The number of ketones is 1. The molecule has 0 radical (unpaired) electrons. The highest BCUT2D eigenvalue weighted by atomic mass is 32.2. The van der Waals surface area contributed by atoms with Crippen molar-refractivity contribution in [3.05, 3.63) is 5.82 Å². The molecule has 0 aliphatic heterocycles. The number of carbonyl (C=O) groups excluding carboxylic acids is 1. The Kier molecular flexibility index (Phi) is 4.53. The Bertz CT molecular complexity index is 373. The Labute approximate surface area is 105 Å². The Morgan fingerprint density at radius 2 is 2.18 bits per heavy atom. The van der Waals surface area contributed by atoms with Gasteiger partial charge in [-0.25, -0.2) is 0 Å². The summed E-state index contributed by atoms with van der Waals surface area (Å²) in [6, 6.07) is 0. The predicted octanol–water partition coefficient (Wildman–Crippen LogP) is 1.39. The summed E-state index contributed by atoms with van der Waals surface area (Å²) in [5, 5.41) is 12.2. The van der Waals surface area contributed by atoms with Crippen LogP contribution in [0, 0.1) is 0 Å². The van der Waals surface area contributed by atoms with E-state index >= 15 is 0 Å². The largest absolute Gasteiger partial charge is 0.298 e. The molecular formula is C11H18N4OS. The molecule has 5 nitrogen and oxygen atoms in total. The molecule has 0 unspecified atom stereocenters. The maximum Gasteiger partial charge on any atom is 0.182 e. The highest BCUT2D eigenvalue weighted by Crippen LogP contribution is 2.28. The molecule has 1 heterocycles. The Morgan fingerprint density at radius 1 is 1.41 bits per heavy atom. The summed E-state index contributed by atoms with van der Waals surface area (Å²) in [4.78, 5) is 13.1. The monoisotopic (exact) mass is 254 g/mol. The maximum absolute atomic E-state index is 11.7. The van der Waals surface area contributed by atoms with E-state index in [9.17, 15) is 4.79 Å². The summed E-state index contributed by atoms with van der Waals surface area (Å²) in [5.74, 6) is 1.32. The molecular weight excluding hydrogens is 236 g/mol. The van der Waals surface area contributed by atoms with Gasteiger partial charge in [-0.05, 0) is 18.1 Å². The summed E-state index contributed by atoms with van der Waals surface area (Å²) < 4.78 is 0. The minimum Gasteiger partial charge on any atom is -0.298 e. The lowest BCUT2D eigenvalue weighted by molar-refractivity contribution is -0.116. The number of hydrogen-bond donors (Lipinski definition) is 0. The summed E-state index contributed by atoms with van der Waals surface area (Å²) >= 11 is 1.80. The molecule has 0 amide bonds. The van der Waals surface area contributed by atoms with Crippen LogP contribution in [0.5, 0.6) is 0 Å². The van der Waals surface area contributed by atoms with Crippen molar-refractivity contribution in [2.45, 2.75) is 43.8 Å². The second-order valence-corrected chi connectivity index (χ2v) is 5.77. The second kappa shape index (κ2) is 6.14. The van der Waals surface area contributed by atoms with Gasteiger partial charge >= 0.3 is 0 Å². The molecule has 1 aliphatic rings. The maximum atomic E-state index is 11.7. The van der Waals surface area contributed by atoms with Crippen LogP contribution in [0.2, 0.25) is 0 Å². The normalized spacial score (nSPS) is 17.2. The highest BCUT2D eigenvalue weighted by Gasteiger charge is 2.16. The molecule has 0 aromatic carbocycles. The van der Waals surface area contributed by atoms with Crippen LogP contribution in [0.4, 0.5) is 0 Å². The third-order valence-electron chi connectivity index (χ3n) is 2.94. The number of hydrogen-bond acceptors (Lipinski definition) is 5. The van der Waals surface area contributed by atoms with Crippen molar-refractivity contribution in [3.8, 4) is 0 Å². The van der Waals surface area contributed by atoms with Crippen LogP contribution in [-0.4, -0.2) is 37.0 Å². The molecule has 2 rings (SSSR count). The van der Waals surface area contributed by atoms with E-state index in [2.05, 4.69) is 15.4 Å². The Hall–Kier alpha value is -0.910. The van der Waals surface area contributed by atoms with E-state index < -0.39 is 0 Å². The fourth-order valence-electron chi connectivity index (χ4n) is 2.06. The number of tetrazole rings is 1. The molecule has 1 aromatic rings. The third kappa shape index (κ3) is 4.11. The first-order valence-corrected chi connectivity index (χ1v) is 7.15. The lowest BCUT2D eigenvalue weighted by atomic mass is 10.0. The van der Waals surface area contributed by atoms with Crippen molar-refractivity contribution in [3.63, 3.8) is 0 Å². The molecule has 0 saturated heterocycles. The van der Waals surface area contributed by atoms with E-state index in [1.165, 1.54) is 36.9 Å². The number of aryl methyl sites for hydroxylation is 1. The van der Waals surface area contributed by atoms with Gasteiger partial charge < -0.3 is 0 Å². The van der Waals surface area contributed by atoms with Crippen LogP contribution < -0.4 is 0 Å². The number of thioether (sulfide) groups is 1. The van der Waals surface area contributed by atoms with Crippen molar-refractivity contribution in [1.29, 1.82) is 0 Å². The standard InChI is InChI=1S/C11H18N4OS/c1-15-13-11(12-14-15)7-9(16)8-17-10-5-3-2-4-6-10/h10H,2-8H2,1H3. The van der Waals surface area contributed by atoms with Gasteiger partial charge in [0, 0.05) is 5.25 Å². The van der Waals surface area contributed by atoms with E-state index in [-0.39, 0.29) is 5.78 Å². The van der Waals surface area contributed by atoms with Crippen molar-refractivity contribution in [1.82, 2.24) is 20.2 Å². The molecule has 0 atom stereocenters. The summed E-state index contributed by atoms with van der Waals surface area (Å²) in [6.07, 6.45) is 6.83. The fourth-order valence-corrected chi connectivity index (χ4v) is 3.25. The van der Waals surface area contributed by atoms with Crippen molar-refractivity contribution >= 4 is 17.5 Å².